The molecule has 2 heteroatoms. The summed E-state index contributed by atoms with van der Waals surface area (Å²) in [6.45, 7) is 12.8. The van der Waals surface area contributed by atoms with Gasteiger partial charge in [0.05, 0.1) is 0 Å². The number of allylic oxidation sites excluding steroid dienone is 3. The van der Waals surface area contributed by atoms with E-state index in [0.717, 1.165) is 18.4 Å². The maximum absolute atomic E-state index is 10.5. The second kappa shape index (κ2) is 18.7. The topological polar surface area (TPSA) is 37.3 Å². The molecule has 0 atom stereocenters. The molecule has 0 fully saturated rings. The van der Waals surface area contributed by atoms with Crippen molar-refractivity contribution in [3.05, 3.63) is 36.5 Å². The lowest BCUT2D eigenvalue weighted by molar-refractivity contribution is -0.132. The first-order chi connectivity index (χ1) is 11.0. The van der Waals surface area contributed by atoms with Crippen LogP contribution < -0.4 is 0 Å². The van der Waals surface area contributed by atoms with Crippen LogP contribution in [0.2, 0.25) is 0 Å². The predicted octanol–water partition coefficient (Wildman–Crippen LogP) is 7.08. The number of rotatable bonds is 13. The van der Waals surface area contributed by atoms with Crippen LogP contribution in [0.25, 0.3) is 0 Å². The quantitative estimate of drug-likeness (QED) is 0.223. The molecule has 0 aliphatic heterocycles. The van der Waals surface area contributed by atoms with Crippen LogP contribution in [-0.4, -0.2) is 11.1 Å². The first kappa shape index (κ1) is 23.9. The summed E-state index contributed by atoms with van der Waals surface area (Å²) < 4.78 is 0. The standard InChI is InChI=1S/C16H30O2.C5H8/c1-3-4-5-6-7-8-9-10-11-12-13-14-15(2)16(17)18;1-4-5(2)3/h14H,3-13H2,1-2H3,(H,17,18);4H,1-2H2,3H3. The third-order valence-electron chi connectivity index (χ3n) is 3.69. The number of carbonyl (C=O) groups is 1. The molecule has 23 heavy (non-hydrogen) atoms. The summed E-state index contributed by atoms with van der Waals surface area (Å²) in [7, 11) is 0. The Balaban J connectivity index is 0. The molecule has 0 aromatic carbocycles. The fourth-order valence-electron chi connectivity index (χ4n) is 2.04. The van der Waals surface area contributed by atoms with E-state index >= 15 is 0 Å². The highest BCUT2D eigenvalue weighted by Gasteiger charge is 1.97. The van der Waals surface area contributed by atoms with Crippen molar-refractivity contribution in [3.63, 3.8) is 0 Å². The van der Waals surface area contributed by atoms with Gasteiger partial charge in [-0.2, -0.15) is 0 Å². The molecule has 0 aliphatic rings. The van der Waals surface area contributed by atoms with Gasteiger partial charge in [0, 0.05) is 5.57 Å². The van der Waals surface area contributed by atoms with E-state index in [1.807, 2.05) is 13.0 Å². The van der Waals surface area contributed by atoms with Crippen LogP contribution in [0.3, 0.4) is 0 Å². The Morgan fingerprint density at radius 2 is 1.30 bits per heavy atom. The van der Waals surface area contributed by atoms with Crippen molar-refractivity contribution in [2.24, 2.45) is 0 Å². The second-order valence-electron chi connectivity index (χ2n) is 6.21. The minimum Gasteiger partial charge on any atom is -0.478 e. The van der Waals surface area contributed by atoms with Crippen molar-refractivity contribution in [1.82, 2.24) is 0 Å². The van der Waals surface area contributed by atoms with Crippen LogP contribution in [-0.2, 0) is 4.79 Å². The van der Waals surface area contributed by atoms with E-state index in [4.69, 9.17) is 5.11 Å². The summed E-state index contributed by atoms with van der Waals surface area (Å²) in [4.78, 5) is 10.5. The Labute approximate surface area is 144 Å². The number of carboxylic acid groups (broad SMARTS) is 1. The molecule has 0 heterocycles. The largest absolute Gasteiger partial charge is 0.478 e. The van der Waals surface area contributed by atoms with Gasteiger partial charge in [-0.15, -0.1) is 0 Å². The molecule has 0 aromatic rings. The van der Waals surface area contributed by atoms with Gasteiger partial charge >= 0.3 is 5.97 Å². The molecule has 2 nitrogen and oxygen atoms in total. The van der Waals surface area contributed by atoms with Crippen LogP contribution >= 0.6 is 0 Å². The molecule has 0 unspecified atom stereocenters. The second-order valence-corrected chi connectivity index (χ2v) is 6.21. The maximum atomic E-state index is 10.5. The number of hydrogen-bond donors (Lipinski definition) is 1. The van der Waals surface area contributed by atoms with Gasteiger partial charge in [0.15, 0.2) is 0 Å². The first-order valence-electron chi connectivity index (χ1n) is 9.13. The van der Waals surface area contributed by atoms with E-state index in [9.17, 15) is 4.79 Å². The van der Waals surface area contributed by atoms with Gasteiger partial charge in [-0.25, -0.2) is 4.79 Å². The average Bonchev–Trinajstić information content (AvgIpc) is 2.52. The third kappa shape index (κ3) is 23.1. The van der Waals surface area contributed by atoms with Crippen LogP contribution in [0.1, 0.15) is 91.4 Å². The van der Waals surface area contributed by atoms with Gasteiger partial charge in [-0.1, -0.05) is 95.6 Å². The molecule has 0 amide bonds. The number of carboxylic acids is 1. The van der Waals surface area contributed by atoms with Gasteiger partial charge in [0.25, 0.3) is 0 Å². The normalized spacial score (nSPS) is 10.7. The van der Waals surface area contributed by atoms with E-state index in [0.29, 0.717) is 5.57 Å². The average molecular weight is 323 g/mol. The van der Waals surface area contributed by atoms with Gasteiger partial charge in [-0.05, 0) is 26.7 Å². The van der Waals surface area contributed by atoms with E-state index in [1.165, 1.54) is 57.8 Å². The Morgan fingerprint density at radius 1 is 0.913 bits per heavy atom. The SMILES string of the molecule is C=CC(=C)C.CCCCCCCCCCCCC=C(C)C(=O)O. The fourth-order valence-corrected chi connectivity index (χ4v) is 2.04. The number of unbranched alkanes of at least 4 members (excludes halogenated alkanes) is 10. The molecule has 0 spiro atoms. The van der Waals surface area contributed by atoms with Crippen molar-refractivity contribution >= 4 is 5.97 Å². The molecule has 0 radical (unpaired) electrons. The van der Waals surface area contributed by atoms with Crippen molar-refractivity contribution in [2.75, 3.05) is 0 Å². The van der Waals surface area contributed by atoms with Crippen LogP contribution in [0.4, 0.5) is 0 Å². The lowest BCUT2D eigenvalue weighted by Crippen LogP contribution is -1.95. The molecule has 0 bridgehead atoms. The molecule has 134 valence electrons. The highest BCUT2D eigenvalue weighted by atomic mass is 16.4. The molecular formula is C21H38O2. The summed E-state index contributed by atoms with van der Waals surface area (Å²) in [5.41, 5.74) is 1.50. The maximum Gasteiger partial charge on any atom is 0.330 e. The molecule has 0 saturated carbocycles. The smallest absolute Gasteiger partial charge is 0.330 e. The lowest BCUT2D eigenvalue weighted by atomic mass is 10.1. The zero-order valence-electron chi connectivity index (χ0n) is 15.7. The van der Waals surface area contributed by atoms with Crippen molar-refractivity contribution in [1.29, 1.82) is 0 Å². The van der Waals surface area contributed by atoms with E-state index in [1.54, 1.807) is 13.0 Å². The Kier molecular flexibility index (Phi) is 19.5. The summed E-state index contributed by atoms with van der Waals surface area (Å²) >= 11 is 0. The first-order valence-corrected chi connectivity index (χ1v) is 9.13. The molecule has 0 saturated heterocycles. The summed E-state index contributed by atoms with van der Waals surface area (Å²) in [5.74, 6) is -0.790. The van der Waals surface area contributed by atoms with Crippen molar-refractivity contribution in [2.45, 2.75) is 91.4 Å². The van der Waals surface area contributed by atoms with Crippen molar-refractivity contribution in [3.8, 4) is 0 Å². The van der Waals surface area contributed by atoms with Gasteiger partial charge < -0.3 is 5.11 Å². The summed E-state index contributed by atoms with van der Waals surface area (Å²) in [6.07, 6.45) is 17.7. The zero-order valence-corrected chi connectivity index (χ0v) is 15.7. The predicted molar refractivity (Wildman–Crippen MR) is 103 cm³/mol. The van der Waals surface area contributed by atoms with Crippen LogP contribution in [0.15, 0.2) is 36.5 Å². The minimum absolute atomic E-state index is 0.478. The zero-order chi connectivity index (χ0) is 17.9. The summed E-state index contributed by atoms with van der Waals surface area (Å²) in [5, 5.41) is 8.68. The van der Waals surface area contributed by atoms with E-state index in [2.05, 4.69) is 20.1 Å². The number of hydrogen-bond acceptors (Lipinski definition) is 1. The monoisotopic (exact) mass is 322 g/mol. The Morgan fingerprint density at radius 3 is 1.65 bits per heavy atom. The Bertz CT molecular complexity index is 340. The lowest BCUT2D eigenvalue weighted by Gasteiger charge is -2.01. The minimum atomic E-state index is -0.790. The van der Waals surface area contributed by atoms with E-state index < -0.39 is 5.97 Å². The molecule has 1 N–H and O–H groups in total. The van der Waals surface area contributed by atoms with Gasteiger partial charge in [-0.3, -0.25) is 0 Å². The number of aliphatic carboxylic acids is 1. The Hall–Kier alpha value is -1.31. The highest BCUT2D eigenvalue weighted by molar-refractivity contribution is 5.85. The molecule has 0 rings (SSSR count). The molecule has 0 aromatic heterocycles. The van der Waals surface area contributed by atoms with Crippen LogP contribution in [0.5, 0.6) is 0 Å². The fraction of sp³-hybridized carbons (Fsp3) is 0.667. The van der Waals surface area contributed by atoms with Gasteiger partial charge in [0.1, 0.15) is 0 Å². The third-order valence-corrected chi connectivity index (χ3v) is 3.69. The molecular weight excluding hydrogens is 284 g/mol. The van der Waals surface area contributed by atoms with Crippen LogP contribution in [0, 0.1) is 0 Å². The van der Waals surface area contributed by atoms with E-state index in [-0.39, 0.29) is 0 Å². The molecule has 0 aliphatic carbocycles. The van der Waals surface area contributed by atoms with Gasteiger partial charge in [0.2, 0.25) is 0 Å². The summed E-state index contributed by atoms with van der Waals surface area (Å²) in [6, 6.07) is 0. The van der Waals surface area contributed by atoms with Crippen molar-refractivity contribution < 1.29 is 9.90 Å². The highest BCUT2D eigenvalue weighted by Crippen LogP contribution is 2.11.